The Balaban J connectivity index is 2.32. The van der Waals surface area contributed by atoms with Crippen LogP contribution in [-0.4, -0.2) is 36.7 Å². The van der Waals surface area contributed by atoms with Crippen molar-refractivity contribution in [2.75, 3.05) is 18.6 Å². The molecule has 0 aliphatic carbocycles. The molecule has 1 aliphatic heterocycles. The largest absolute Gasteiger partial charge is 0.380 e. The molecule has 98 valence electrons. The smallest absolute Gasteiger partial charge is 0.240 e. The third-order valence-electron chi connectivity index (χ3n) is 2.98. The van der Waals surface area contributed by atoms with E-state index in [0.29, 0.717) is 23.8 Å². The predicted octanol–water partition coefficient (Wildman–Crippen LogP) is 1.58. The number of rotatable bonds is 3. The highest BCUT2D eigenvalue weighted by Gasteiger charge is 2.37. The maximum Gasteiger partial charge on any atom is 0.240 e. The van der Waals surface area contributed by atoms with Gasteiger partial charge in [-0.2, -0.15) is 0 Å². The monoisotopic (exact) mass is 333 g/mol. The number of pyridine rings is 1. The Kier molecular flexibility index (Phi) is 4.09. The molecule has 18 heavy (non-hydrogen) atoms. The standard InChI is InChI=1S/C11H13BrClN3O2/c1-18-7-3-9(10(14)17)16(5-7)11-8(13)2-6(12)4-15-11/h2,4,7,9H,3,5H2,1H3,(H2,14,17)/t7-,9-/m0/s1. The topological polar surface area (TPSA) is 68.5 Å². The number of aromatic nitrogens is 1. The molecule has 2 rings (SSSR count). The fraction of sp³-hybridized carbons (Fsp3) is 0.455. The first-order chi connectivity index (χ1) is 8.52. The van der Waals surface area contributed by atoms with Crippen molar-refractivity contribution in [3.63, 3.8) is 0 Å². The van der Waals surface area contributed by atoms with Crippen LogP contribution in [0.15, 0.2) is 16.7 Å². The number of halogens is 2. The Labute approximate surface area is 118 Å². The lowest BCUT2D eigenvalue weighted by atomic mass is 10.2. The number of carbonyl (C=O) groups excluding carboxylic acids is 1. The zero-order chi connectivity index (χ0) is 13.3. The van der Waals surface area contributed by atoms with E-state index < -0.39 is 11.9 Å². The molecule has 1 fully saturated rings. The summed E-state index contributed by atoms with van der Waals surface area (Å²) in [5.74, 6) is 0.165. The molecule has 1 aromatic heterocycles. The van der Waals surface area contributed by atoms with Gasteiger partial charge >= 0.3 is 0 Å². The molecule has 0 radical (unpaired) electrons. The zero-order valence-corrected chi connectivity index (χ0v) is 12.1. The van der Waals surface area contributed by atoms with Crippen LogP contribution in [0.5, 0.6) is 0 Å². The number of hydrogen-bond donors (Lipinski definition) is 1. The molecule has 2 heterocycles. The molecule has 5 nitrogen and oxygen atoms in total. The number of anilines is 1. The second kappa shape index (κ2) is 5.42. The molecular formula is C11H13BrClN3O2. The summed E-state index contributed by atoms with van der Waals surface area (Å²) in [5, 5.41) is 0.479. The first-order valence-electron chi connectivity index (χ1n) is 5.42. The summed E-state index contributed by atoms with van der Waals surface area (Å²) >= 11 is 9.44. The average Bonchev–Trinajstić information content (AvgIpc) is 2.73. The third kappa shape index (κ3) is 2.60. The highest BCUT2D eigenvalue weighted by molar-refractivity contribution is 9.10. The molecule has 1 saturated heterocycles. The number of carbonyl (C=O) groups is 1. The maximum absolute atomic E-state index is 11.5. The SMILES string of the molecule is CO[C@H]1C[C@@H](C(N)=O)N(c2ncc(Br)cc2Cl)C1. The number of ether oxygens (including phenoxy) is 1. The highest BCUT2D eigenvalue weighted by Crippen LogP contribution is 2.32. The summed E-state index contributed by atoms with van der Waals surface area (Å²) in [6, 6.07) is 1.31. The lowest BCUT2D eigenvalue weighted by Gasteiger charge is -2.23. The molecule has 0 unspecified atom stereocenters. The van der Waals surface area contributed by atoms with Crippen molar-refractivity contribution in [1.29, 1.82) is 0 Å². The number of hydrogen-bond acceptors (Lipinski definition) is 4. The Hall–Kier alpha value is -0.850. The molecule has 7 heteroatoms. The van der Waals surface area contributed by atoms with Gasteiger partial charge in [0, 0.05) is 30.7 Å². The molecule has 1 amide bonds. The van der Waals surface area contributed by atoms with Crippen molar-refractivity contribution in [3.05, 3.63) is 21.8 Å². The van der Waals surface area contributed by atoms with E-state index in [1.54, 1.807) is 24.3 Å². The minimum atomic E-state index is -0.430. The van der Waals surface area contributed by atoms with E-state index in [1.807, 2.05) is 0 Å². The summed E-state index contributed by atoms with van der Waals surface area (Å²) in [7, 11) is 1.61. The van der Waals surface area contributed by atoms with E-state index in [0.717, 1.165) is 4.47 Å². The lowest BCUT2D eigenvalue weighted by molar-refractivity contribution is -0.119. The van der Waals surface area contributed by atoms with Gasteiger partial charge in [0.25, 0.3) is 0 Å². The van der Waals surface area contributed by atoms with E-state index in [2.05, 4.69) is 20.9 Å². The molecule has 0 bridgehead atoms. The van der Waals surface area contributed by atoms with Crippen molar-refractivity contribution < 1.29 is 9.53 Å². The summed E-state index contributed by atoms with van der Waals surface area (Å²) in [6.45, 7) is 0.554. The summed E-state index contributed by atoms with van der Waals surface area (Å²) in [5.41, 5.74) is 5.41. The second-order valence-corrected chi connectivity index (χ2v) is 5.45. The summed E-state index contributed by atoms with van der Waals surface area (Å²) in [6.07, 6.45) is 2.16. The number of primary amides is 1. The zero-order valence-electron chi connectivity index (χ0n) is 9.77. The Morgan fingerprint density at radius 1 is 1.72 bits per heavy atom. The van der Waals surface area contributed by atoms with Crippen LogP contribution in [0.25, 0.3) is 0 Å². The lowest BCUT2D eigenvalue weighted by Crippen LogP contribution is -2.40. The fourth-order valence-corrected chi connectivity index (χ4v) is 2.83. The minimum Gasteiger partial charge on any atom is -0.380 e. The highest BCUT2D eigenvalue weighted by atomic mass is 79.9. The van der Waals surface area contributed by atoms with Gasteiger partial charge in [0.1, 0.15) is 11.9 Å². The van der Waals surface area contributed by atoms with Crippen LogP contribution in [0.4, 0.5) is 5.82 Å². The molecular weight excluding hydrogens is 321 g/mol. The average molecular weight is 335 g/mol. The van der Waals surface area contributed by atoms with Gasteiger partial charge in [-0.05, 0) is 22.0 Å². The van der Waals surface area contributed by atoms with Gasteiger partial charge in [-0.15, -0.1) is 0 Å². The van der Waals surface area contributed by atoms with Crippen molar-refractivity contribution in [3.8, 4) is 0 Å². The molecule has 1 aromatic rings. The quantitative estimate of drug-likeness (QED) is 0.911. The van der Waals surface area contributed by atoms with Gasteiger partial charge < -0.3 is 15.4 Å². The van der Waals surface area contributed by atoms with Gasteiger partial charge in [-0.1, -0.05) is 11.6 Å². The number of amides is 1. The summed E-state index contributed by atoms with van der Waals surface area (Å²) < 4.78 is 6.06. The number of nitrogens with two attached hydrogens (primary N) is 1. The summed E-state index contributed by atoms with van der Waals surface area (Å²) in [4.78, 5) is 17.5. The molecule has 1 aliphatic rings. The van der Waals surface area contributed by atoms with Gasteiger partial charge in [0.2, 0.25) is 5.91 Å². The maximum atomic E-state index is 11.5. The molecule has 0 aromatic carbocycles. The normalized spacial score (nSPS) is 23.4. The molecule has 2 N–H and O–H groups in total. The van der Waals surface area contributed by atoms with Crippen LogP contribution >= 0.6 is 27.5 Å². The second-order valence-electron chi connectivity index (χ2n) is 4.12. The van der Waals surface area contributed by atoms with Crippen LogP contribution < -0.4 is 10.6 Å². The van der Waals surface area contributed by atoms with Crippen LogP contribution in [0.3, 0.4) is 0 Å². The van der Waals surface area contributed by atoms with Crippen LogP contribution in [0.1, 0.15) is 6.42 Å². The Bertz CT molecular complexity index is 472. The fourth-order valence-electron chi connectivity index (χ4n) is 2.09. The van der Waals surface area contributed by atoms with E-state index in [-0.39, 0.29) is 6.10 Å². The van der Waals surface area contributed by atoms with Gasteiger partial charge in [-0.25, -0.2) is 4.98 Å². The first kappa shape index (κ1) is 13.6. The van der Waals surface area contributed by atoms with Gasteiger partial charge in [0.15, 0.2) is 0 Å². The van der Waals surface area contributed by atoms with Crippen molar-refractivity contribution >= 4 is 39.3 Å². The number of methoxy groups -OCH3 is 1. The predicted molar refractivity (Wildman–Crippen MR) is 72.7 cm³/mol. The third-order valence-corrected chi connectivity index (χ3v) is 3.70. The van der Waals surface area contributed by atoms with Gasteiger partial charge in [-0.3, -0.25) is 4.79 Å². The van der Waals surface area contributed by atoms with E-state index in [9.17, 15) is 4.79 Å². The van der Waals surface area contributed by atoms with Gasteiger partial charge in [0.05, 0.1) is 11.1 Å². The first-order valence-corrected chi connectivity index (χ1v) is 6.59. The van der Waals surface area contributed by atoms with E-state index >= 15 is 0 Å². The molecule has 0 spiro atoms. The Morgan fingerprint density at radius 3 is 3.00 bits per heavy atom. The van der Waals surface area contributed by atoms with Crippen LogP contribution in [0, 0.1) is 0 Å². The van der Waals surface area contributed by atoms with E-state index in [1.165, 1.54) is 0 Å². The Morgan fingerprint density at radius 2 is 2.44 bits per heavy atom. The molecule has 0 saturated carbocycles. The van der Waals surface area contributed by atoms with Crippen molar-refractivity contribution in [2.24, 2.45) is 5.73 Å². The molecule has 2 atom stereocenters. The van der Waals surface area contributed by atoms with Crippen LogP contribution in [0.2, 0.25) is 5.02 Å². The van der Waals surface area contributed by atoms with E-state index in [4.69, 9.17) is 22.1 Å². The minimum absolute atomic E-state index is 0.0380. The van der Waals surface area contributed by atoms with Crippen LogP contribution in [-0.2, 0) is 9.53 Å². The number of nitrogens with zero attached hydrogens (tertiary/aromatic N) is 2. The van der Waals surface area contributed by atoms with Crippen molar-refractivity contribution in [2.45, 2.75) is 18.6 Å². The van der Waals surface area contributed by atoms with Crippen molar-refractivity contribution in [1.82, 2.24) is 4.98 Å².